The Bertz CT molecular complexity index is 509. The van der Waals surface area contributed by atoms with E-state index in [9.17, 15) is 22.8 Å². The number of hydrogen-bond donors (Lipinski definition) is 2. The van der Waals surface area contributed by atoms with Crippen LogP contribution in [0.3, 0.4) is 0 Å². The number of rotatable bonds is 6. The molecule has 1 aromatic rings. The first-order valence-corrected chi connectivity index (χ1v) is 5.56. The molecule has 0 fully saturated rings. The van der Waals surface area contributed by atoms with Gasteiger partial charge in [-0.05, 0) is 19.1 Å². The molecule has 0 aliphatic rings. The molecule has 0 heterocycles. The molecule has 2 N–H and O–H groups in total. The summed E-state index contributed by atoms with van der Waals surface area (Å²) in [5.41, 5.74) is 0. The maximum absolute atomic E-state index is 12.9. The minimum absolute atomic E-state index is 0.112. The van der Waals surface area contributed by atoms with Crippen molar-refractivity contribution in [2.24, 2.45) is 0 Å². The Hall–Kier alpha value is -2.25. The number of carbonyl (C=O) groups excluding carboxylic acids is 1. The molecule has 0 radical (unpaired) electrons. The first kappa shape index (κ1) is 15.8. The highest BCUT2D eigenvalue weighted by Crippen LogP contribution is 2.16. The third kappa shape index (κ3) is 4.15. The average molecular weight is 291 g/mol. The standard InChI is InChI=1S/C12H12F3NO4/c1-6(11(17)16-10(5-13)12(18)19)20-7-2-3-8(14)9(15)4-7/h2-4,6,10H,5H2,1H3,(H,16,17)(H,18,19). The fraction of sp³-hybridized carbons (Fsp3) is 0.333. The van der Waals surface area contributed by atoms with Crippen LogP contribution in [-0.2, 0) is 9.59 Å². The van der Waals surface area contributed by atoms with Crippen molar-refractivity contribution in [2.75, 3.05) is 6.67 Å². The first-order valence-electron chi connectivity index (χ1n) is 5.56. The van der Waals surface area contributed by atoms with E-state index >= 15 is 0 Å². The van der Waals surface area contributed by atoms with Crippen molar-refractivity contribution >= 4 is 11.9 Å². The zero-order chi connectivity index (χ0) is 15.3. The van der Waals surface area contributed by atoms with Crippen molar-refractivity contribution in [1.29, 1.82) is 0 Å². The summed E-state index contributed by atoms with van der Waals surface area (Å²) in [6, 6.07) is 0.977. The van der Waals surface area contributed by atoms with E-state index in [2.05, 4.69) is 0 Å². The van der Waals surface area contributed by atoms with Crippen LogP contribution in [0.1, 0.15) is 6.92 Å². The molecule has 0 spiro atoms. The van der Waals surface area contributed by atoms with Crippen LogP contribution in [0.5, 0.6) is 5.75 Å². The molecule has 0 saturated heterocycles. The second-order valence-electron chi connectivity index (χ2n) is 3.89. The van der Waals surface area contributed by atoms with Crippen molar-refractivity contribution in [3.8, 4) is 5.75 Å². The number of ether oxygens (including phenoxy) is 1. The number of benzene rings is 1. The number of carboxylic acids is 1. The van der Waals surface area contributed by atoms with E-state index in [0.717, 1.165) is 18.2 Å². The zero-order valence-electron chi connectivity index (χ0n) is 10.4. The molecule has 8 heteroatoms. The molecular weight excluding hydrogens is 279 g/mol. The van der Waals surface area contributed by atoms with Crippen molar-refractivity contribution in [3.63, 3.8) is 0 Å². The topological polar surface area (TPSA) is 75.6 Å². The maximum atomic E-state index is 12.9. The second-order valence-corrected chi connectivity index (χ2v) is 3.89. The Morgan fingerprint density at radius 2 is 2.00 bits per heavy atom. The molecule has 0 aromatic heterocycles. The van der Waals surface area contributed by atoms with Crippen molar-refractivity contribution in [3.05, 3.63) is 29.8 Å². The Morgan fingerprint density at radius 1 is 1.35 bits per heavy atom. The van der Waals surface area contributed by atoms with Crippen LogP contribution >= 0.6 is 0 Å². The van der Waals surface area contributed by atoms with E-state index in [1.807, 2.05) is 5.32 Å². The van der Waals surface area contributed by atoms with Gasteiger partial charge < -0.3 is 15.2 Å². The molecule has 0 bridgehead atoms. The predicted molar refractivity (Wildman–Crippen MR) is 62.0 cm³/mol. The molecule has 2 atom stereocenters. The predicted octanol–water partition coefficient (Wildman–Crippen LogP) is 1.27. The van der Waals surface area contributed by atoms with E-state index in [1.165, 1.54) is 6.92 Å². The van der Waals surface area contributed by atoms with Gasteiger partial charge in [-0.25, -0.2) is 18.0 Å². The highest BCUT2D eigenvalue weighted by molar-refractivity contribution is 5.86. The van der Waals surface area contributed by atoms with Gasteiger partial charge >= 0.3 is 5.97 Å². The number of nitrogens with one attached hydrogen (secondary N) is 1. The number of carboxylic acid groups (broad SMARTS) is 1. The summed E-state index contributed by atoms with van der Waals surface area (Å²) < 4.78 is 42.9. The van der Waals surface area contributed by atoms with E-state index in [4.69, 9.17) is 9.84 Å². The smallest absolute Gasteiger partial charge is 0.328 e. The van der Waals surface area contributed by atoms with Crippen molar-refractivity contribution in [1.82, 2.24) is 5.32 Å². The summed E-state index contributed by atoms with van der Waals surface area (Å²) in [4.78, 5) is 22.1. The van der Waals surface area contributed by atoms with E-state index in [0.29, 0.717) is 0 Å². The van der Waals surface area contributed by atoms with Crippen LogP contribution in [0.15, 0.2) is 18.2 Å². The van der Waals surface area contributed by atoms with Crippen LogP contribution in [0.2, 0.25) is 0 Å². The summed E-state index contributed by atoms with van der Waals surface area (Å²) >= 11 is 0. The quantitative estimate of drug-likeness (QED) is 0.827. The molecule has 110 valence electrons. The number of halogens is 3. The summed E-state index contributed by atoms with van der Waals surface area (Å²) in [6.07, 6.45) is -1.20. The van der Waals surface area contributed by atoms with E-state index in [1.54, 1.807) is 0 Å². The SMILES string of the molecule is CC(Oc1ccc(F)c(F)c1)C(=O)NC(CF)C(=O)O. The number of amides is 1. The Balaban J connectivity index is 2.65. The molecule has 1 amide bonds. The average Bonchev–Trinajstić information content (AvgIpc) is 2.39. The van der Waals surface area contributed by atoms with E-state index in [-0.39, 0.29) is 5.75 Å². The molecule has 1 rings (SSSR count). The zero-order valence-corrected chi connectivity index (χ0v) is 10.4. The highest BCUT2D eigenvalue weighted by Gasteiger charge is 2.23. The summed E-state index contributed by atoms with van der Waals surface area (Å²) in [5.74, 6) is -4.75. The van der Waals surface area contributed by atoms with Crippen LogP contribution in [0, 0.1) is 11.6 Å². The van der Waals surface area contributed by atoms with Crippen LogP contribution < -0.4 is 10.1 Å². The van der Waals surface area contributed by atoms with Gasteiger partial charge in [0.25, 0.3) is 5.91 Å². The summed E-state index contributed by atoms with van der Waals surface area (Å²) in [5, 5.41) is 10.5. The van der Waals surface area contributed by atoms with Crippen molar-refractivity contribution < 1.29 is 32.6 Å². The Labute approximate surface area is 112 Å². The van der Waals surface area contributed by atoms with Gasteiger partial charge in [0.2, 0.25) is 0 Å². The van der Waals surface area contributed by atoms with Gasteiger partial charge in [-0.2, -0.15) is 0 Å². The summed E-state index contributed by atoms with van der Waals surface area (Å²) in [7, 11) is 0. The van der Waals surface area contributed by atoms with Gasteiger partial charge in [0.05, 0.1) is 0 Å². The fourth-order valence-electron chi connectivity index (χ4n) is 1.26. The van der Waals surface area contributed by atoms with Gasteiger partial charge in [0.15, 0.2) is 23.8 Å². The molecule has 5 nitrogen and oxygen atoms in total. The first-order chi connectivity index (χ1) is 9.35. The van der Waals surface area contributed by atoms with Crippen molar-refractivity contribution in [2.45, 2.75) is 19.1 Å². The normalized spacial score (nSPS) is 13.4. The third-order valence-electron chi connectivity index (χ3n) is 2.34. The monoisotopic (exact) mass is 291 g/mol. The van der Waals surface area contributed by atoms with Crippen LogP contribution in [-0.4, -0.2) is 35.8 Å². The van der Waals surface area contributed by atoms with Crippen LogP contribution in [0.4, 0.5) is 13.2 Å². The number of alkyl halides is 1. The minimum Gasteiger partial charge on any atom is -0.481 e. The molecular formula is C12H12F3NO4. The molecule has 1 aromatic carbocycles. The number of hydrogen-bond acceptors (Lipinski definition) is 3. The van der Waals surface area contributed by atoms with Gasteiger partial charge in [-0.15, -0.1) is 0 Å². The molecule has 0 saturated carbocycles. The second kappa shape index (κ2) is 6.78. The number of aliphatic carboxylic acids is 1. The maximum Gasteiger partial charge on any atom is 0.328 e. The Kier molecular flexibility index (Phi) is 5.36. The molecule has 2 unspecified atom stereocenters. The van der Waals surface area contributed by atoms with Gasteiger partial charge in [-0.3, -0.25) is 4.79 Å². The van der Waals surface area contributed by atoms with Crippen LogP contribution in [0.25, 0.3) is 0 Å². The number of carbonyl (C=O) groups is 2. The fourth-order valence-corrected chi connectivity index (χ4v) is 1.26. The summed E-state index contributed by atoms with van der Waals surface area (Å²) in [6.45, 7) is -0.0211. The lowest BCUT2D eigenvalue weighted by atomic mass is 10.2. The lowest BCUT2D eigenvalue weighted by Crippen LogP contribution is -2.47. The highest BCUT2D eigenvalue weighted by atomic mass is 19.2. The third-order valence-corrected chi connectivity index (χ3v) is 2.34. The lowest BCUT2D eigenvalue weighted by Gasteiger charge is -2.17. The molecule has 20 heavy (non-hydrogen) atoms. The largest absolute Gasteiger partial charge is 0.481 e. The van der Waals surface area contributed by atoms with Gasteiger partial charge in [0, 0.05) is 6.07 Å². The molecule has 0 aliphatic heterocycles. The minimum atomic E-state index is -1.68. The molecule has 0 aliphatic carbocycles. The lowest BCUT2D eigenvalue weighted by molar-refractivity contribution is -0.143. The van der Waals surface area contributed by atoms with E-state index < -0.39 is 42.3 Å². The Morgan fingerprint density at radius 3 is 2.50 bits per heavy atom. The van der Waals surface area contributed by atoms with Gasteiger partial charge in [-0.1, -0.05) is 0 Å². The van der Waals surface area contributed by atoms with Gasteiger partial charge in [0.1, 0.15) is 12.4 Å².